The van der Waals surface area contributed by atoms with Gasteiger partial charge in [0.1, 0.15) is 0 Å². The molecule has 0 atom stereocenters. The molecule has 0 aromatic heterocycles. The number of nitrogens with zero attached hydrogens (tertiary/aromatic N) is 3. The fourth-order valence-corrected chi connectivity index (χ4v) is 4.75. The van der Waals surface area contributed by atoms with Crippen molar-refractivity contribution in [2.24, 2.45) is 0 Å². The molecular formula is C20H30N4O. The predicted octanol–water partition coefficient (Wildman–Crippen LogP) is 1.80. The zero-order chi connectivity index (χ0) is 17.3. The van der Waals surface area contributed by atoms with E-state index in [-0.39, 0.29) is 11.4 Å². The molecule has 0 spiro atoms. The number of piperazine rings is 1. The number of amides is 1. The summed E-state index contributed by atoms with van der Waals surface area (Å²) >= 11 is 0. The zero-order valence-corrected chi connectivity index (χ0v) is 15.3. The van der Waals surface area contributed by atoms with Gasteiger partial charge in [-0.25, -0.2) is 0 Å². The highest BCUT2D eigenvalue weighted by molar-refractivity contribution is 5.94. The number of fused-ring (bicyclic) bond motifs is 1. The Balaban J connectivity index is 1.34. The van der Waals surface area contributed by atoms with E-state index in [0.717, 1.165) is 38.3 Å². The average Bonchev–Trinajstić information content (AvgIpc) is 3.21. The molecule has 0 aliphatic carbocycles. The van der Waals surface area contributed by atoms with Crippen molar-refractivity contribution < 1.29 is 4.79 Å². The Morgan fingerprint density at radius 1 is 1.00 bits per heavy atom. The molecule has 1 amide bonds. The van der Waals surface area contributed by atoms with Crippen LogP contribution in [0.1, 0.15) is 36.0 Å². The number of likely N-dealkylation sites (N-methyl/N-ethyl adjacent to an activating group) is 1. The van der Waals surface area contributed by atoms with Crippen molar-refractivity contribution >= 4 is 11.6 Å². The molecule has 0 unspecified atom stereocenters. The van der Waals surface area contributed by atoms with E-state index in [1.165, 1.54) is 44.5 Å². The maximum absolute atomic E-state index is 12.6. The zero-order valence-electron chi connectivity index (χ0n) is 15.3. The molecule has 136 valence electrons. The van der Waals surface area contributed by atoms with E-state index in [4.69, 9.17) is 0 Å². The smallest absolute Gasteiger partial charge is 0.251 e. The number of rotatable bonds is 4. The van der Waals surface area contributed by atoms with Crippen LogP contribution in [-0.4, -0.2) is 74.1 Å². The summed E-state index contributed by atoms with van der Waals surface area (Å²) in [6, 6.07) is 8.13. The van der Waals surface area contributed by atoms with Crippen LogP contribution in [0.5, 0.6) is 0 Å². The number of benzene rings is 1. The van der Waals surface area contributed by atoms with E-state index >= 15 is 0 Å². The molecule has 5 heteroatoms. The van der Waals surface area contributed by atoms with Gasteiger partial charge in [0, 0.05) is 49.5 Å². The molecule has 3 saturated heterocycles. The quantitative estimate of drug-likeness (QED) is 0.906. The van der Waals surface area contributed by atoms with Gasteiger partial charge in [0.2, 0.25) is 0 Å². The van der Waals surface area contributed by atoms with Crippen LogP contribution in [0.25, 0.3) is 0 Å². The minimum atomic E-state index is 0.0676. The lowest BCUT2D eigenvalue weighted by Gasteiger charge is -2.34. The molecule has 1 aromatic rings. The molecule has 4 rings (SSSR count). The molecule has 1 aromatic carbocycles. The van der Waals surface area contributed by atoms with Crippen molar-refractivity contribution in [1.29, 1.82) is 0 Å². The molecule has 25 heavy (non-hydrogen) atoms. The Kier molecular flexibility index (Phi) is 4.69. The summed E-state index contributed by atoms with van der Waals surface area (Å²) in [6.07, 6.45) is 5.01. The van der Waals surface area contributed by atoms with Gasteiger partial charge in [0.25, 0.3) is 5.91 Å². The highest BCUT2D eigenvalue weighted by Crippen LogP contribution is 2.38. The number of nitrogens with one attached hydrogen (secondary N) is 1. The van der Waals surface area contributed by atoms with Gasteiger partial charge < -0.3 is 15.1 Å². The van der Waals surface area contributed by atoms with Crippen LogP contribution in [0.4, 0.5) is 5.69 Å². The maximum atomic E-state index is 12.6. The topological polar surface area (TPSA) is 38.8 Å². The van der Waals surface area contributed by atoms with Crippen molar-refractivity contribution in [2.45, 2.75) is 31.2 Å². The predicted molar refractivity (Wildman–Crippen MR) is 101 cm³/mol. The standard InChI is InChI=1S/C20H30N4O/c1-22-12-14-23(15-13-22)18-6-4-17(5-7-18)19(25)21-16-20-8-2-10-24(20)11-3-9-20/h4-7H,2-3,8-16H2,1H3,(H,21,25). The van der Waals surface area contributed by atoms with Crippen LogP contribution < -0.4 is 10.2 Å². The second-order valence-electron chi connectivity index (χ2n) is 7.94. The SMILES string of the molecule is CN1CCN(c2ccc(C(=O)NCC34CCCN3CCC4)cc2)CC1. The molecule has 0 radical (unpaired) electrons. The molecule has 0 saturated carbocycles. The summed E-state index contributed by atoms with van der Waals surface area (Å²) in [7, 11) is 2.17. The van der Waals surface area contributed by atoms with Gasteiger partial charge in [-0.05, 0) is 70.1 Å². The lowest BCUT2D eigenvalue weighted by molar-refractivity contribution is 0.0919. The third kappa shape index (κ3) is 3.40. The molecule has 3 aliphatic heterocycles. The van der Waals surface area contributed by atoms with Gasteiger partial charge in [-0.2, -0.15) is 0 Å². The first-order valence-corrected chi connectivity index (χ1v) is 9.73. The monoisotopic (exact) mass is 342 g/mol. The number of carbonyl (C=O) groups is 1. The molecule has 5 nitrogen and oxygen atoms in total. The average molecular weight is 342 g/mol. The van der Waals surface area contributed by atoms with Crippen LogP contribution in [0, 0.1) is 0 Å². The molecular weight excluding hydrogens is 312 g/mol. The van der Waals surface area contributed by atoms with Gasteiger partial charge in [-0.3, -0.25) is 9.69 Å². The third-order valence-electron chi connectivity index (χ3n) is 6.39. The minimum Gasteiger partial charge on any atom is -0.369 e. The second kappa shape index (κ2) is 6.96. The van der Waals surface area contributed by atoms with Gasteiger partial charge >= 0.3 is 0 Å². The van der Waals surface area contributed by atoms with Crippen molar-refractivity contribution in [3.05, 3.63) is 29.8 Å². The summed E-state index contributed by atoms with van der Waals surface area (Å²) in [5, 5.41) is 3.21. The van der Waals surface area contributed by atoms with E-state index < -0.39 is 0 Å². The summed E-state index contributed by atoms with van der Waals surface area (Å²) in [5.74, 6) is 0.0676. The summed E-state index contributed by atoms with van der Waals surface area (Å²) in [4.78, 5) is 19.9. The van der Waals surface area contributed by atoms with Crippen molar-refractivity contribution in [1.82, 2.24) is 15.1 Å². The molecule has 3 heterocycles. The Hall–Kier alpha value is -1.59. The van der Waals surface area contributed by atoms with Crippen molar-refractivity contribution in [2.75, 3.05) is 57.8 Å². The normalized spacial score (nSPS) is 23.6. The van der Waals surface area contributed by atoms with Crippen LogP contribution in [0.15, 0.2) is 24.3 Å². The first kappa shape index (κ1) is 16.9. The second-order valence-corrected chi connectivity index (χ2v) is 7.94. The van der Waals surface area contributed by atoms with Gasteiger partial charge in [0.05, 0.1) is 0 Å². The highest BCUT2D eigenvalue weighted by Gasteiger charge is 2.44. The molecule has 3 aliphatic rings. The number of carbonyl (C=O) groups excluding carboxylic acids is 1. The van der Waals surface area contributed by atoms with Crippen LogP contribution in [-0.2, 0) is 0 Å². The third-order valence-corrected chi connectivity index (χ3v) is 6.39. The number of hydrogen-bond acceptors (Lipinski definition) is 4. The fourth-order valence-electron chi connectivity index (χ4n) is 4.75. The lowest BCUT2D eigenvalue weighted by Crippen LogP contribution is -2.48. The summed E-state index contributed by atoms with van der Waals surface area (Å²) in [5.41, 5.74) is 2.24. The number of anilines is 1. The van der Waals surface area contributed by atoms with E-state index in [1.807, 2.05) is 12.1 Å². The first-order valence-electron chi connectivity index (χ1n) is 9.73. The Labute approximate surface area is 151 Å². The van der Waals surface area contributed by atoms with Gasteiger partial charge in [-0.1, -0.05) is 0 Å². The summed E-state index contributed by atoms with van der Waals surface area (Å²) in [6.45, 7) is 7.51. The van der Waals surface area contributed by atoms with E-state index in [0.29, 0.717) is 0 Å². The molecule has 0 bridgehead atoms. The van der Waals surface area contributed by atoms with Crippen LogP contribution >= 0.6 is 0 Å². The fraction of sp³-hybridized carbons (Fsp3) is 0.650. The van der Waals surface area contributed by atoms with E-state index in [1.54, 1.807) is 0 Å². The van der Waals surface area contributed by atoms with E-state index in [2.05, 4.69) is 39.2 Å². The molecule has 3 fully saturated rings. The maximum Gasteiger partial charge on any atom is 0.251 e. The van der Waals surface area contributed by atoms with Crippen LogP contribution in [0.2, 0.25) is 0 Å². The Morgan fingerprint density at radius 2 is 1.64 bits per heavy atom. The van der Waals surface area contributed by atoms with Crippen molar-refractivity contribution in [3.63, 3.8) is 0 Å². The van der Waals surface area contributed by atoms with Gasteiger partial charge in [0.15, 0.2) is 0 Å². The van der Waals surface area contributed by atoms with Crippen molar-refractivity contribution in [3.8, 4) is 0 Å². The molecule has 1 N–H and O–H groups in total. The summed E-state index contributed by atoms with van der Waals surface area (Å²) < 4.78 is 0. The minimum absolute atomic E-state index is 0.0676. The number of hydrogen-bond donors (Lipinski definition) is 1. The van der Waals surface area contributed by atoms with Gasteiger partial charge in [-0.15, -0.1) is 0 Å². The highest BCUT2D eigenvalue weighted by atomic mass is 16.1. The Morgan fingerprint density at radius 3 is 2.28 bits per heavy atom. The van der Waals surface area contributed by atoms with Crippen LogP contribution in [0.3, 0.4) is 0 Å². The lowest BCUT2D eigenvalue weighted by atomic mass is 9.94. The largest absolute Gasteiger partial charge is 0.369 e. The van der Waals surface area contributed by atoms with E-state index in [9.17, 15) is 4.79 Å². The first-order chi connectivity index (χ1) is 12.2. The Bertz CT molecular complexity index is 597.